The average molecular weight is 305 g/mol. The lowest BCUT2D eigenvalue weighted by Gasteiger charge is -2.09. The van der Waals surface area contributed by atoms with E-state index in [0.29, 0.717) is 12.2 Å². The van der Waals surface area contributed by atoms with Crippen LogP contribution in [0.25, 0.3) is 0 Å². The third kappa shape index (κ3) is 2.99. The highest BCUT2D eigenvalue weighted by atomic mass is 79.9. The van der Waals surface area contributed by atoms with E-state index in [1.54, 1.807) is 24.3 Å². The van der Waals surface area contributed by atoms with Gasteiger partial charge in [0.25, 0.3) is 0 Å². The Kier molecular flexibility index (Phi) is 4.15. The first kappa shape index (κ1) is 12.8. The van der Waals surface area contributed by atoms with E-state index in [1.807, 2.05) is 18.2 Å². The third-order valence-corrected chi connectivity index (χ3v) is 3.65. The molecule has 0 saturated carbocycles. The molecule has 0 atom stereocenters. The van der Waals surface area contributed by atoms with Crippen molar-refractivity contribution in [1.29, 1.82) is 0 Å². The SMILES string of the molecule is Cc1c(Br)cccc1COc1ccc(C=O)cc1. The molecular formula is C15H13BrO2. The highest BCUT2D eigenvalue weighted by Gasteiger charge is 2.02. The average Bonchev–Trinajstić information content (AvgIpc) is 2.41. The standard InChI is InChI=1S/C15H13BrO2/c1-11-13(3-2-4-15(11)16)10-18-14-7-5-12(9-17)6-8-14/h2-9H,10H2,1H3. The molecule has 0 saturated heterocycles. The van der Waals surface area contributed by atoms with E-state index < -0.39 is 0 Å². The van der Waals surface area contributed by atoms with Crippen molar-refractivity contribution in [2.45, 2.75) is 13.5 Å². The zero-order valence-electron chi connectivity index (χ0n) is 10.0. The number of carbonyl (C=O) groups excluding carboxylic acids is 1. The molecular weight excluding hydrogens is 292 g/mol. The molecule has 0 unspecified atom stereocenters. The quantitative estimate of drug-likeness (QED) is 0.793. The minimum Gasteiger partial charge on any atom is -0.489 e. The van der Waals surface area contributed by atoms with Gasteiger partial charge < -0.3 is 4.74 Å². The van der Waals surface area contributed by atoms with Crippen molar-refractivity contribution in [2.24, 2.45) is 0 Å². The summed E-state index contributed by atoms with van der Waals surface area (Å²) in [5, 5.41) is 0. The fraction of sp³-hybridized carbons (Fsp3) is 0.133. The molecule has 0 aromatic heterocycles. The first-order valence-electron chi connectivity index (χ1n) is 5.63. The maximum atomic E-state index is 10.5. The van der Waals surface area contributed by atoms with Gasteiger partial charge in [-0.25, -0.2) is 0 Å². The number of carbonyl (C=O) groups is 1. The van der Waals surface area contributed by atoms with E-state index in [-0.39, 0.29) is 0 Å². The molecule has 2 nitrogen and oxygen atoms in total. The molecule has 2 aromatic rings. The van der Waals surface area contributed by atoms with Gasteiger partial charge in [-0.3, -0.25) is 4.79 Å². The number of hydrogen-bond donors (Lipinski definition) is 0. The smallest absolute Gasteiger partial charge is 0.150 e. The van der Waals surface area contributed by atoms with E-state index in [0.717, 1.165) is 22.1 Å². The maximum Gasteiger partial charge on any atom is 0.150 e. The lowest BCUT2D eigenvalue weighted by Crippen LogP contribution is -1.98. The summed E-state index contributed by atoms with van der Waals surface area (Å²) < 4.78 is 6.77. The van der Waals surface area contributed by atoms with Crippen LogP contribution in [0.1, 0.15) is 21.5 Å². The molecule has 0 aliphatic rings. The van der Waals surface area contributed by atoms with Crippen LogP contribution in [0, 0.1) is 6.92 Å². The van der Waals surface area contributed by atoms with Gasteiger partial charge in [0.05, 0.1) is 0 Å². The Morgan fingerprint density at radius 1 is 1.17 bits per heavy atom. The fourth-order valence-electron chi connectivity index (χ4n) is 1.61. The van der Waals surface area contributed by atoms with Gasteiger partial charge in [0.15, 0.2) is 0 Å². The summed E-state index contributed by atoms with van der Waals surface area (Å²) in [6, 6.07) is 13.1. The molecule has 92 valence electrons. The Morgan fingerprint density at radius 3 is 2.56 bits per heavy atom. The first-order chi connectivity index (χ1) is 8.70. The van der Waals surface area contributed by atoms with Crippen molar-refractivity contribution >= 4 is 22.2 Å². The Hall–Kier alpha value is -1.61. The van der Waals surface area contributed by atoms with Gasteiger partial charge in [0.2, 0.25) is 0 Å². The van der Waals surface area contributed by atoms with Crippen LogP contribution in [0.2, 0.25) is 0 Å². The predicted molar refractivity (Wildman–Crippen MR) is 75.0 cm³/mol. The monoisotopic (exact) mass is 304 g/mol. The minimum absolute atomic E-state index is 0.520. The van der Waals surface area contributed by atoms with Crippen LogP contribution >= 0.6 is 15.9 Å². The molecule has 0 spiro atoms. The van der Waals surface area contributed by atoms with E-state index in [4.69, 9.17) is 4.74 Å². The topological polar surface area (TPSA) is 26.3 Å². The second-order valence-corrected chi connectivity index (χ2v) is 4.85. The van der Waals surface area contributed by atoms with E-state index >= 15 is 0 Å². The van der Waals surface area contributed by atoms with Gasteiger partial charge >= 0.3 is 0 Å². The summed E-state index contributed by atoms with van der Waals surface area (Å²) in [5.74, 6) is 0.764. The Balaban J connectivity index is 2.06. The Labute approximate surface area is 115 Å². The molecule has 18 heavy (non-hydrogen) atoms. The molecule has 0 heterocycles. The van der Waals surface area contributed by atoms with Crippen molar-refractivity contribution < 1.29 is 9.53 Å². The zero-order chi connectivity index (χ0) is 13.0. The molecule has 0 amide bonds. The fourth-order valence-corrected chi connectivity index (χ4v) is 2.02. The third-order valence-electron chi connectivity index (χ3n) is 2.79. The molecule has 0 fully saturated rings. The van der Waals surface area contributed by atoms with Gasteiger partial charge in [-0.1, -0.05) is 28.1 Å². The molecule has 0 aliphatic heterocycles. The van der Waals surface area contributed by atoms with E-state index in [2.05, 4.69) is 22.9 Å². The lowest BCUT2D eigenvalue weighted by molar-refractivity contribution is 0.112. The largest absolute Gasteiger partial charge is 0.489 e. The van der Waals surface area contributed by atoms with Crippen LogP contribution in [0.5, 0.6) is 5.75 Å². The van der Waals surface area contributed by atoms with Gasteiger partial charge in [-0.2, -0.15) is 0 Å². The Bertz CT molecular complexity index is 547. The summed E-state index contributed by atoms with van der Waals surface area (Å²) in [6.07, 6.45) is 0.822. The normalized spacial score (nSPS) is 10.1. The van der Waals surface area contributed by atoms with Crippen LogP contribution in [0.3, 0.4) is 0 Å². The number of benzene rings is 2. The van der Waals surface area contributed by atoms with Crippen molar-refractivity contribution in [1.82, 2.24) is 0 Å². The predicted octanol–water partition coefficient (Wildman–Crippen LogP) is 4.15. The highest BCUT2D eigenvalue weighted by Crippen LogP contribution is 2.21. The van der Waals surface area contributed by atoms with E-state index in [9.17, 15) is 4.79 Å². The lowest BCUT2D eigenvalue weighted by atomic mass is 10.1. The van der Waals surface area contributed by atoms with Gasteiger partial charge in [0.1, 0.15) is 18.6 Å². The summed E-state index contributed by atoms with van der Waals surface area (Å²) >= 11 is 3.50. The van der Waals surface area contributed by atoms with Gasteiger partial charge in [-0.15, -0.1) is 0 Å². The molecule has 0 N–H and O–H groups in total. The van der Waals surface area contributed by atoms with Crippen molar-refractivity contribution in [3.63, 3.8) is 0 Å². The molecule has 2 rings (SSSR count). The van der Waals surface area contributed by atoms with Gasteiger partial charge in [-0.05, 0) is 48.4 Å². The molecule has 2 aromatic carbocycles. The van der Waals surface area contributed by atoms with Crippen LogP contribution in [-0.2, 0) is 6.61 Å². The summed E-state index contributed by atoms with van der Waals surface area (Å²) in [6.45, 7) is 2.57. The van der Waals surface area contributed by atoms with Crippen LogP contribution in [-0.4, -0.2) is 6.29 Å². The van der Waals surface area contributed by atoms with Crippen molar-refractivity contribution in [3.05, 3.63) is 63.6 Å². The summed E-state index contributed by atoms with van der Waals surface area (Å²) in [4.78, 5) is 10.5. The number of aldehydes is 1. The molecule has 0 aliphatic carbocycles. The van der Waals surface area contributed by atoms with Crippen LogP contribution < -0.4 is 4.74 Å². The van der Waals surface area contributed by atoms with Crippen LogP contribution in [0.4, 0.5) is 0 Å². The summed E-state index contributed by atoms with van der Waals surface area (Å²) in [7, 11) is 0. The summed E-state index contributed by atoms with van der Waals surface area (Å²) in [5.41, 5.74) is 2.98. The second-order valence-electron chi connectivity index (χ2n) is 4.00. The van der Waals surface area contributed by atoms with Crippen molar-refractivity contribution in [2.75, 3.05) is 0 Å². The zero-order valence-corrected chi connectivity index (χ0v) is 11.6. The number of halogens is 1. The minimum atomic E-state index is 0.520. The first-order valence-corrected chi connectivity index (χ1v) is 6.42. The van der Waals surface area contributed by atoms with Crippen LogP contribution in [0.15, 0.2) is 46.9 Å². The molecule has 3 heteroatoms. The molecule has 0 bridgehead atoms. The maximum absolute atomic E-state index is 10.5. The molecule has 0 radical (unpaired) electrons. The number of hydrogen-bond acceptors (Lipinski definition) is 2. The Morgan fingerprint density at radius 2 is 1.89 bits per heavy atom. The second kappa shape index (κ2) is 5.83. The van der Waals surface area contributed by atoms with Crippen molar-refractivity contribution in [3.8, 4) is 5.75 Å². The van der Waals surface area contributed by atoms with E-state index in [1.165, 1.54) is 5.56 Å². The highest BCUT2D eigenvalue weighted by molar-refractivity contribution is 9.10. The number of ether oxygens (including phenoxy) is 1. The number of rotatable bonds is 4. The van der Waals surface area contributed by atoms with Gasteiger partial charge in [0, 0.05) is 10.0 Å².